The number of carbonyl (C=O) groups excluding carboxylic acids is 1. The molecule has 0 fully saturated rings. The van der Waals surface area contributed by atoms with Crippen molar-refractivity contribution >= 4 is 27.9 Å². The Morgan fingerprint density at radius 3 is 2.00 bits per heavy atom. The second kappa shape index (κ2) is 4.04. The maximum atomic E-state index is 12.0. The normalized spacial score (nSPS) is 10.7. The molecular formula is C15H11NO2. The molecule has 0 radical (unpaired) electrons. The first-order chi connectivity index (χ1) is 8.83. The number of fused-ring (bicyclic) bond motifs is 3. The third kappa shape index (κ3) is 1.41. The first kappa shape index (κ1) is 10.6. The van der Waals surface area contributed by atoms with Crippen LogP contribution in [0.1, 0.15) is 0 Å². The molecule has 2 aromatic carbocycles. The Labute approximate surface area is 104 Å². The van der Waals surface area contributed by atoms with E-state index in [4.69, 9.17) is 4.74 Å². The smallest absolute Gasteiger partial charge is 0.418 e. The molecule has 0 aliphatic rings. The highest BCUT2D eigenvalue weighted by Crippen LogP contribution is 2.28. The Morgan fingerprint density at radius 2 is 1.50 bits per heavy atom. The van der Waals surface area contributed by atoms with Gasteiger partial charge in [0.1, 0.15) is 0 Å². The Balaban J connectivity index is 2.45. The second-order valence-corrected chi connectivity index (χ2v) is 3.92. The summed E-state index contributed by atoms with van der Waals surface area (Å²) in [6, 6.07) is 15.5. The number of rotatable bonds is 1. The fourth-order valence-electron chi connectivity index (χ4n) is 2.24. The summed E-state index contributed by atoms with van der Waals surface area (Å²) in [6.45, 7) is 3.41. The van der Waals surface area contributed by atoms with Gasteiger partial charge in [0.25, 0.3) is 0 Å². The van der Waals surface area contributed by atoms with Crippen molar-refractivity contribution in [2.24, 2.45) is 0 Å². The highest BCUT2D eigenvalue weighted by molar-refractivity contribution is 6.12. The van der Waals surface area contributed by atoms with Crippen LogP contribution in [0, 0.1) is 0 Å². The number of aromatic nitrogens is 1. The summed E-state index contributed by atoms with van der Waals surface area (Å²) in [5, 5.41) is 2.07. The van der Waals surface area contributed by atoms with Crippen molar-refractivity contribution in [3.05, 3.63) is 61.4 Å². The van der Waals surface area contributed by atoms with Crippen molar-refractivity contribution in [3.63, 3.8) is 0 Å². The summed E-state index contributed by atoms with van der Waals surface area (Å²) in [5.41, 5.74) is 1.68. The van der Waals surface area contributed by atoms with E-state index >= 15 is 0 Å². The number of hydrogen-bond donors (Lipinski definition) is 0. The van der Waals surface area contributed by atoms with Crippen LogP contribution < -0.4 is 0 Å². The van der Waals surface area contributed by atoms with Crippen LogP contribution in [0.25, 0.3) is 21.8 Å². The minimum atomic E-state index is -0.442. The fourth-order valence-corrected chi connectivity index (χ4v) is 2.24. The van der Waals surface area contributed by atoms with Crippen LogP contribution in [0.5, 0.6) is 0 Å². The van der Waals surface area contributed by atoms with Gasteiger partial charge in [-0.2, -0.15) is 0 Å². The van der Waals surface area contributed by atoms with E-state index in [-0.39, 0.29) is 0 Å². The van der Waals surface area contributed by atoms with Crippen LogP contribution in [0.4, 0.5) is 4.79 Å². The van der Waals surface area contributed by atoms with Gasteiger partial charge in [0.05, 0.1) is 17.3 Å². The van der Waals surface area contributed by atoms with Gasteiger partial charge < -0.3 is 4.74 Å². The molecule has 88 valence electrons. The number of carbonyl (C=O) groups is 1. The molecule has 0 bridgehead atoms. The van der Waals surface area contributed by atoms with Crippen molar-refractivity contribution in [2.45, 2.75) is 0 Å². The molecule has 3 heteroatoms. The molecule has 0 aliphatic heterocycles. The standard InChI is InChI=1S/C15H11NO2/c1-2-18-15(17)16-13-9-5-3-7-11(13)12-8-4-6-10-14(12)16/h2-10H,1H2. The topological polar surface area (TPSA) is 31.2 Å². The third-order valence-corrected chi connectivity index (χ3v) is 2.95. The second-order valence-electron chi connectivity index (χ2n) is 3.92. The van der Waals surface area contributed by atoms with Crippen LogP contribution in [-0.4, -0.2) is 10.7 Å². The van der Waals surface area contributed by atoms with E-state index in [1.54, 1.807) is 4.57 Å². The van der Waals surface area contributed by atoms with Gasteiger partial charge in [-0.3, -0.25) is 0 Å². The lowest BCUT2D eigenvalue weighted by Crippen LogP contribution is -2.09. The largest absolute Gasteiger partial charge is 0.423 e. The van der Waals surface area contributed by atoms with Gasteiger partial charge in [-0.1, -0.05) is 43.0 Å². The molecule has 0 unspecified atom stereocenters. The Bertz CT molecular complexity index is 702. The molecule has 0 spiro atoms. The van der Waals surface area contributed by atoms with Crippen molar-refractivity contribution in [1.29, 1.82) is 0 Å². The Morgan fingerprint density at radius 1 is 1.00 bits per heavy atom. The van der Waals surface area contributed by atoms with Crippen LogP contribution in [0.15, 0.2) is 61.4 Å². The van der Waals surface area contributed by atoms with Gasteiger partial charge in [0.15, 0.2) is 0 Å². The molecule has 18 heavy (non-hydrogen) atoms. The molecule has 0 aliphatic carbocycles. The molecule has 0 N–H and O–H groups in total. The van der Waals surface area contributed by atoms with E-state index in [9.17, 15) is 4.79 Å². The van der Waals surface area contributed by atoms with E-state index in [1.165, 1.54) is 0 Å². The quantitative estimate of drug-likeness (QED) is 0.600. The summed E-state index contributed by atoms with van der Waals surface area (Å²) in [7, 11) is 0. The first-order valence-electron chi connectivity index (χ1n) is 5.63. The van der Waals surface area contributed by atoms with Gasteiger partial charge in [-0.15, -0.1) is 0 Å². The highest BCUT2D eigenvalue weighted by Gasteiger charge is 2.15. The minimum absolute atomic E-state index is 0.442. The Kier molecular flexibility index (Phi) is 2.38. The monoisotopic (exact) mass is 237 g/mol. The number of benzene rings is 2. The number of ether oxygens (including phenoxy) is 1. The van der Waals surface area contributed by atoms with Crippen LogP contribution in [0.2, 0.25) is 0 Å². The third-order valence-electron chi connectivity index (χ3n) is 2.95. The zero-order valence-electron chi connectivity index (χ0n) is 9.67. The predicted molar refractivity (Wildman–Crippen MR) is 71.5 cm³/mol. The summed E-state index contributed by atoms with van der Waals surface area (Å²) < 4.78 is 6.45. The maximum Gasteiger partial charge on any atom is 0.423 e. The SMILES string of the molecule is C=COC(=O)n1c2ccccc2c2ccccc21. The van der Waals surface area contributed by atoms with E-state index < -0.39 is 6.09 Å². The van der Waals surface area contributed by atoms with Crippen molar-refractivity contribution in [3.8, 4) is 0 Å². The van der Waals surface area contributed by atoms with Crippen LogP contribution in [0.3, 0.4) is 0 Å². The van der Waals surface area contributed by atoms with Crippen LogP contribution in [-0.2, 0) is 4.74 Å². The lowest BCUT2D eigenvalue weighted by Gasteiger charge is -2.03. The van der Waals surface area contributed by atoms with Crippen LogP contribution >= 0.6 is 0 Å². The molecule has 3 aromatic rings. The zero-order valence-corrected chi connectivity index (χ0v) is 9.67. The molecule has 0 atom stereocenters. The zero-order chi connectivity index (χ0) is 12.5. The maximum absolute atomic E-state index is 12.0. The highest BCUT2D eigenvalue weighted by atomic mass is 16.5. The van der Waals surface area contributed by atoms with Gasteiger partial charge >= 0.3 is 6.09 Å². The van der Waals surface area contributed by atoms with E-state index in [2.05, 4.69) is 6.58 Å². The molecule has 0 amide bonds. The minimum Gasteiger partial charge on any atom is -0.418 e. The van der Waals surface area contributed by atoms with Gasteiger partial charge in [0.2, 0.25) is 0 Å². The average molecular weight is 237 g/mol. The van der Waals surface area contributed by atoms with E-state index in [1.807, 2.05) is 48.5 Å². The fraction of sp³-hybridized carbons (Fsp3) is 0. The molecule has 1 heterocycles. The van der Waals surface area contributed by atoms with Crippen molar-refractivity contribution in [1.82, 2.24) is 4.57 Å². The van der Waals surface area contributed by atoms with Gasteiger partial charge in [0, 0.05) is 10.8 Å². The molecular weight excluding hydrogens is 226 g/mol. The van der Waals surface area contributed by atoms with E-state index in [0.717, 1.165) is 28.1 Å². The summed E-state index contributed by atoms with van der Waals surface area (Å²) in [4.78, 5) is 12.0. The molecule has 3 nitrogen and oxygen atoms in total. The lowest BCUT2D eigenvalue weighted by molar-refractivity contribution is 0.190. The molecule has 1 aromatic heterocycles. The number of nitrogens with zero attached hydrogens (tertiary/aromatic N) is 1. The summed E-state index contributed by atoms with van der Waals surface area (Å²) >= 11 is 0. The molecule has 0 saturated heterocycles. The van der Waals surface area contributed by atoms with Gasteiger partial charge in [-0.05, 0) is 12.1 Å². The molecule has 0 saturated carbocycles. The summed E-state index contributed by atoms with van der Waals surface area (Å²) in [6.07, 6.45) is 0.703. The van der Waals surface area contributed by atoms with Crippen molar-refractivity contribution in [2.75, 3.05) is 0 Å². The van der Waals surface area contributed by atoms with Crippen molar-refractivity contribution < 1.29 is 9.53 Å². The first-order valence-corrected chi connectivity index (χ1v) is 5.63. The number of hydrogen-bond acceptors (Lipinski definition) is 2. The van der Waals surface area contributed by atoms with Gasteiger partial charge in [-0.25, -0.2) is 9.36 Å². The Hall–Kier alpha value is -2.55. The average Bonchev–Trinajstić information content (AvgIpc) is 2.73. The van der Waals surface area contributed by atoms with E-state index in [0.29, 0.717) is 0 Å². The number of para-hydroxylation sites is 2. The summed E-state index contributed by atoms with van der Waals surface area (Å²) in [5.74, 6) is 0. The molecule has 3 rings (SSSR count). The predicted octanol–water partition coefficient (Wildman–Crippen LogP) is 3.92. The lowest BCUT2D eigenvalue weighted by atomic mass is 10.2.